The predicted octanol–water partition coefficient (Wildman–Crippen LogP) is 10.6. The molecule has 0 amide bonds. The number of carbonyl (C=O) groups excluding carboxylic acids is 2. The van der Waals surface area contributed by atoms with Gasteiger partial charge in [0, 0.05) is 12.8 Å². The van der Waals surface area contributed by atoms with E-state index in [2.05, 4.69) is 42.7 Å². The van der Waals surface area contributed by atoms with E-state index >= 15 is 0 Å². The van der Waals surface area contributed by atoms with Gasteiger partial charge in [0.25, 0.3) is 0 Å². The third-order valence-corrected chi connectivity index (χ3v) is 7.22. The molecule has 0 aliphatic carbocycles. The van der Waals surface area contributed by atoms with Gasteiger partial charge in [-0.2, -0.15) is 0 Å². The maximum Gasteiger partial charge on any atom is 0.469 e. The summed E-state index contributed by atoms with van der Waals surface area (Å²) in [5.41, 5.74) is 0. The smallest absolute Gasteiger partial charge is 0.462 e. The minimum Gasteiger partial charge on any atom is -0.462 e. The summed E-state index contributed by atoms with van der Waals surface area (Å²) in [5.74, 6) is -0.980. The first-order valence-electron chi connectivity index (χ1n) is 18.0. The second kappa shape index (κ2) is 35.3. The Bertz CT molecular complexity index is 1210. The second-order valence-electron chi connectivity index (χ2n) is 11.3. The monoisotopic (exact) mass is 712 g/mol. The molecule has 8 nitrogen and oxygen atoms in total. The van der Waals surface area contributed by atoms with E-state index in [1.54, 1.807) is 0 Å². The lowest BCUT2D eigenvalue weighted by Gasteiger charge is -2.18. The van der Waals surface area contributed by atoms with E-state index in [0.29, 0.717) is 12.8 Å². The number of rotatable bonds is 30. The van der Waals surface area contributed by atoms with Gasteiger partial charge in [-0.25, -0.2) is 4.57 Å². The lowest BCUT2D eigenvalue weighted by atomic mass is 10.1. The molecule has 0 spiro atoms. The van der Waals surface area contributed by atoms with Gasteiger partial charge < -0.3 is 19.3 Å². The second-order valence-corrected chi connectivity index (χ2v) is 12.6. The molecule has 0 aliphatic rings. The van der Waals surface area contributed by atoms with Crippen molar-refractivity contribution < 1.29 is 37.9 Å². The fourth-order valence-electron chi connectivity index (χ4n) is 4.12. The summed E-state index contributed by atoms with van der Waals surface area (Å²) in [6, 6.07) is 0. The third-order valence-electron chi connectivity index (χ3n) is 6.73. The summed E-state index contributed by atoms with van der Waals surface area (Å²) in [6.07, 6.45) is 50.6. The average Bonchev–Trinajstić information content (AvgIpc) is 3.08. The van der Waals surface area contributed by atoms with Crippen LogP contribution in [0.2, 0.25) is 0 Å². The predicted molar refractivity (Wildman–Crippen MR) is 206 cm³/mol. The van der Waals surface area contributed by atoms with Crippen LogP contribution in [0.4, 0.5) is 0 Å². The highest BCUT2D eigenvalue weighted by atomic mass is 31.2. The molecule has 0 saturated carbocycles. The number of esters is 2. The fraction of sp³-hybridized carbons (Fsp3) is 0.463. The van der Waals surface area contributed by atoms with E-state index in [1.807, 2.05) is 97.2 Å². The molecule has 278 valence electrons. The van der Waals surface area contributed by atoms with Crippen molar-refractivity contribution in [3.63, 3.8) is 0 Å². The fourth-order valence-corrected chi connectivity index (χ4v) is 4.48. The van der Waals surface area contributed by atoms with Gasteiger partial charge in [-0.15, -0.1) is 0 Å². The summed E-state index contributed by atoms with van der Waals surface area (Å²) in [5, 5.41) is 0. The van der Waals surface area contributed by atoms with Crippen molar-refractivity contribution in [3.05, 3.63) is 122 Å². The van der Waals surface area contributed by atoms with Crippen LogP contribution in [0.3, 0.4) is 0 Å². The zero-order valence-corrected chi connectivity index (χ0v) is 31.1. The van der Waals surface area contributed by atoms with Crippen molar-refractivity contribution >= 4 is 19.8 Å². The van der Waals surface area contributed by atoms with Crippen molar-refractivity contribution in [1.29, 1.82) is 0 Å². The lowest BCUT2D eigenvalue weighted by molar-refractivity contribution is -0.161. The van der Waals surface area contributed by atoms with Gasteiger partial charge in [-0.3, -0.25) is 14.1 Å². The molecule has 0 bridgehead atoms. The molecule has 50 heavy (non-hydrogen) atoms. The molecule has 9 heteroatoms. The van der Waals surface area contributed by atoms with Crippen LogP contribution in [0.1, 0.15) is 104 Å². The Balaban J connectivity index is 4.18. The number of carbonyl (C=O) groups is 2. The van der Waals surface area contributed by atoms with Gasteiger partial charge in [0.05, 0.1) is 6.61 Å². The quantitative estimate of drug-likeness (QED) is 0.0327. The van der Waals surface area contributed by atoms with Gasteiger partial charge in [0.1, 0.15) is 6.61 Å². The van der Waals surface area contributed by atoms with E-state index in [1.165, 1.54) is 0 Å². The van der Waals surface area contributed by atoms with Gasteiger partial charge in [-0.1, -0.05) is 161 Å². The highest BCUT2D eigenvalue weighted by molar-refractivity contribution is 7.46. The number of phosphoric acid groups is 1. The molecular weight excluding hydrogens is 651 g/mol. The Morgan fingerprint density at radius 2 is 0.900 bits per heavy atom. The lowest BCUT2D eigenvalue weighted by Crippen LogP contribution is -2.29. The summed E-state index contributed by atoms with van der Waals surface area (Å²) in [7, 11) is -4.78. The number of unbranched alkanes of at least 4 members (excludes halogenated alkanes) is 8. The molecule has 0 heterocycles. The minimum absolute atomic E-state index is 0.169. The molecule has 0 aromatic heterocycles. The Morgan fingerprint density at radius 1 is 0.520 bits per heavy atom. The molecule has 0 saturated heterocycles. The average molecular weight is 713 g/mol. The minimum atomic E-state index is -4.78. The van der Waals surface area contributed by atoms with Crippen LogP contribution in [0.25, 0.3) is 0 Å². The molecule has 0 rings (SSSR count). The summed E-state index contributed by atoms with van der Waals surface area (Å²) >= 11 is 0. The van der Waals surface area contributed by atoms with Crippen molar-refractivity contribution in [2.24, 2.45) is 0 Å². The van der Waals surface area contributed by atoms with Crippen molar-refractivity contribution in [2.45, 2.75) is 110 Å². The first-order valence-corrected chi connectivity index (χ1v) is 19.5. The maximum absolute atomic E-state index is 12.3. The Hall–Kier alpha value is -3.55. The normalized spacial score (nSPS) is 13.9. The standard InChI is InChI=1S/C41H61O8P/c1-3-5-7-9-11-13-15-17-18-19-20-21-22-24-25-27-29-31-33-35-40(42)47-37-39(38-48-50(44,45)46)49-41(43)36-34-32-30-28-26-23-16-14-12-10-8-6-4-2/h5-22,24-25,39H,3-4,23,26-38H2,1-2H3,(H2,44,45,46)/b7-5+,8-6+,11-9+,12-10+,15-13+,16-14+,18-17+,20-19+,22-21+,25-24+. The van der Waals surface area contributed by atoms with E-state index in [9.17, 15) is 14.2 Å². The van der Waals surface area contributed by atoms with E-state index in [-0.39, 0.29) is 19.4 Å². The zero-order valence-electron chi connectivity index (χ0n) is 30.2. The number of ether oxygens (including phenoxy) is 2. The maximum atomic E-state index is 12.3. The Labute approximate surface area is 301 Å². The van der Waals surface area contributed by atoms with Crippen LogP contribution in [0, 0.1) is 0 Å². The van der Waals surface area contributed by atoms with Crippen molar-refractivity contribution in [2.75, 3.05) is 13.2 Å². The van der Waals surface area contributed by atoms with Gasteiger partial charge in [0.2, 0.25) is 0 Å². The van der Waals surface area contributed by atoms with Crippen molar-refractivity contribution in [3.8, 4) is 0 Å². The molecule has 1 atom stereocenters. The van der Waals surface area contributed by atoms with Crippen LogP contribution >= 0.6 is 7.82 Å². The van der Waals surface area contributed by atoms with E-state index < -0.39 is 32.5 Å². The third kappa shape index (κ3) is 37.3. The largest absolute Gasteiger partial charge is 0.469 e. The van der Waals surface area contributed by atoms with Crippen LogP contribution in [0.5, 0.6) is 0 Å². The highest BCUT2D eigenvalue weighted by Gasteiger charge is 2.22. The number of hydrogen-bond donors (Lipinski definition) is 2. The summed E-state index contributed by atoms with van der Waals surface area (Å²) < 4.78 is 26.2. The Kier molecular flexibility index (Phi) is 32.8. The molecule has 2 N–H and O–H groups in total. The summed E-state index contributed by atoms with van der Waals surface area (Å²) in [6.45, 7) is 3.31. The van der Waals surface area contributed by atoms with Gasteiger partial charge in [0.15, 0.2) is 6.10 Å². The van der Waals surface area contributed by atoms with Crippen LogP contribution < -0.4 is 0 Å². The molecule has 0 aliphatic heterocycles. The van der Waals surface area contributed by atoms with Gasteiger partial charge >= 0.3 is 19.8 Å². The van der Waals surface area contributed by atoms with Crippen LogP contribution in [0.15, 0.2) is 122 Å². The topological polar surface area (TPSA) is 119 Å². The van der Waals surface area contributed by atoms with Crippen molar-refractivity contribution in [1.82, 2.24) is 0 Å². The van der Waals surface area contributed by atoms with E-state index in [0.717, 1.165) is 64.2 Å². The summed E-state index contributed by atoms with van der Waals surface area (Å²) in [4.78, 5) is 42.6. The number of allylic oxidation sites excluding steroid dienone is 20. The van der Waals surface area contributed by atoms with Gasteiger partial charge in [-0.05, 0) is 51.4 Å². The Morgan fingerprint density at radius 3 is 1.36 bits per heavy atom. The number of phosphoric ester groups is 1. The first kappa shape index (κ1) is 46.5. The first-order chi connectivity index (χ1) is 24.3. The molecule has 1 unspecified atom stereocenters. The molecular formula is C41H61O8P. The SMILES string of the molecule is CC/C=C/C=C/C=C/C=C/C=C/C=C/C=C/CCCCCC(=O)OCC(COP(=O)(O)O)OC(=O)CCCCCCC/C=C/C=C/C=C/CC. The highest BCUT2D eigenvalue weighted by Crippen LogP contribution is 2.35. The molecule has 0 radical (unpaired) electrons. The van der Waals surface area contributed by atoms with Crippen LogP contribution in [-0.4, -0.2) is 41.0 Å². The number of hydrogen-bond acceptors (Lipinski definition) is 6. The molecule has 0 aromatic rings. The zero-order chi connectivity index (χ0) is 36.8. The molecule has 0 aromatic carbocycles. The van der Waals surface area contributed by atoms with Crippen LogP contribution in [-0.2, 0) is 28.2 Å². The molecule has 0 fully saturated rings. The van der Waals surface area contributed by atoms with E-state index in [4.69, 9.17) is 19.3 Å².